The number of benzene rings is 1. The Morgan fingerprint density at radius 2 is 1.94 bits per heavy atom. The smallest absolute Gasteiger partial charge is 0.180 e. The second-order valence-electron chi connectivity index (χ2n) is 4.05. The van der Waals surface area contributed by atoms with Gasteiger partial charge >= 0.3 is 0 Å². The molecule has 98 valence electrons. The summed E-state index contributed by atoms with van der Waals surface area (Å²) >= 11 is 1.80. The van der Waals surface area contributed by atoms with Crippen LogP contribution in [0.25, 0.3) is 0 Å². The summed E-state index contributed by atoms with van der Waals surface area (Å²) in [6.07, 6.45) is 0. The van der Waals surface area contributed by atoms with Crippen LogP contribution in [0.15, 0.2) is 18.2 Å². The number of rotatable bonds is 4. The van der Waals surface area contributed by atoms with Crippen LogP contribution >= 0.6 is 11.8 Å². The standard InChI is InChI=1S/C13H17NO3S/c1-16-10-5-9(6-11(7-10)17-2)13(15)12-8-18-4-3-14-12/h5-7,12,14H,3-4,8H2,1-2H3. The second-order valence-corrected chi connectivity index (χ2v) is 5.20. The zero-order valence-corrected chi connectivity index (χ0v) is 11.4. The molecule has 2 rings (SSSR count). The molecule has 0 spiro atoms. The molecule has 0 aliphatic carbocycles. The van der Waals surface area contributed by atoms with E-state index in [1.165, 1.54) is 0 Å². The summed E-state index contributed by atoms with van der Waals surface area (Å²) in [6, 6.07) is 5.16. The molecule has 1 saturated heterocycles. The Balaban J connectivity index is 2.22. The lowest BCUT2D eigenvalue weighted by atomic mass is 10.0. The molecule has 1 unspecified atom stereocenters. The first-order chi connectivity index (χ1) is 8.74. The minimum atomic E-state index is -0.111. The molecule has 0 aromatic heterocycles. The molecule has 1 atom stereocenters. The molecule has 18 heavy (non-hydrogen) atoms. The van der Waals surface area contributed by atoms with Crippen molar-refractivity contribution in [3.8, 4) is 11.5 Å². The first-order valence-corrected chi connectivity index (χ1v) is 6.98. The number of methoxy groups -OCH3 is 2. The van der Waals surface area contributed by atoms with Crippen LogP contribution in [-0.4, -0.2) is 44.1 Å². The third kappa shape index (κ3) is 2.97. The van der Waals surface area contributed by atoms with Crippen molar-refractivity contribution in [2.45, 2.75) is 6.04 Å². The van der Waals surface area contributed by atoms with Gasteiger partial charge in [0.05, 0.1) is 20.3 Å². The number of Topliss-reactive ketones (excluding diaryl/α,β-unsaturated/α-hetero) is 1. The maximum Gasteiger partial charge on any atom is 0.180 e. The molecule has 0 amide bonds. The van der Waals surface area contributed by atoms with E-state index in [1.807, 2.05) is 0 Å². The van der Waals surface area contributed by atoms with Crippen LogP contribution < -0.4 is 14.8 Å². The topological polar surface area (TPSA) is 47.6 Å². The lowest BCUT2D eigenvalue weighted by Gasteiger charge is -2.22. The molecular formula is C13H17NO3S. The average Bonchev–Trinajstić information content (AvgIpc) is 2.46. The van der Waals surface area contributed by atoms with Crippen LogP contribution in [0.1, 0.15) is 10.4 Å². The van der Waals surface area contributed by atoms with Gasteiger partial charge in [0.15, 0.2) is 5.78 Å². The van der Waals surface area contributed by atoms with E-state index in [0.717, 1.165) is 18.1 Å². The van der Waals surface area contributed by atoms with E-state index in [4.69, 9.17) is 9.47 Å². The number of hydrogen-bond donors (Lipinski definition) is 1. The molecule has 1 aliphatic heterocycles. The largest absolute Gasteiger partial charge is 0.497 e. The Labute approximate surface area is 111 Å². The molecule has 5 heteroatoms. The van der Waals surface area contributed by atoms with Gasteiger partial charge in [-0.2, -0.15) is 11.8 Å². The molecule has 0 radical (unpaired) electrons. The van der Waals surface area contributed by atoms with Crippen molar-refractivity contribution in [3.05, 3.63) is 23.8 Å². The zero-order chi connectivity index (χ0) is 13.0. The number of ketones is 1. The van der Waals surface area contributed by atoms with E-state index in [2.05, 4.69) is 5.32 Å². The molecule has 0 saturated carbocycles. The molecule has 1 N–H and O–H groups in total. The highest BCUT2D eigenvalue weighted by molar-refractivity contribution is 7.99. The lowest BCUT2D eigenvalue weighted by Crippen LogP contribution is -2.43. The summed E-state index contributed by atoms with van der Waals surface area (Å²) in [5.41, 5.74) is 0.631. The highest BCUT2D eigenvalue weighted by Crippen LogP contribution is 2.24. The number of carbonyl (C=O) groups excluding carboxylic acids is 1. The molecule has 1 heterocycles. The summed E-state index contributed by atoms with van der Waals surface area (Å²) in [5.74, 6) is 3.26. The molecule has 0 bridgehead atoms. The highest BCUT2D eigenvalue weighted by atomic mass is 32.2. The maximum atomic E-state index is 12.3. The fraction of sp³-hybridized carbons (Fsp3) is 0.462. The van der Waals surface area contributed by atoms with Crippen molar-refractivity contribution in [2.75, 3.05) is 32.3 Å². The summed E-state index contributed by atoms with van der Waals surface area (Å²) in [6.45, 7) is 0.877. The van der Waals surface area contributed by atoms with Crippen LogP contribution in [0.3, 0.4) is 0 Å². The van der Waals surface area contributed by atoms with Gasteiger partial charge in [0.25, 0.3) is 0 Å². The van der Waals surface area contributed by atoms with Crippen molar-refractivity contribution in [2.24, 2.45) is 0 Å². The Bertz CT molecular complexity index is 408. The molecule has 1 fully saturated rings. The monoisotopic (exact) mass is 267 g/mol. The van der Waals surface area contributed by atoms with Crippen molar-refractivity contribution in [3.63, 3.8) is 0 Å². The average molecular weight is 267 g/mol. The molecule has 1 aromatic rings. The van der Waals surface area contributed by atoms with Gasteiger partial charge in [-0.15, -0.1) is 0 Å². The van der Waals surface area contributed by atoms with Crippen molar-refractivity contribution in [1.82, 2.24) is 5.32 Å². The normalized spacial score (nSPS) is 19.3. The first kappa shape index (κ1) is 13.2. The summed E-state index contributed by atoms with van der Waals surface area (Å²) < 4.78 is 10.4. The van der Waals surface area contributed by atoms with Crippen LogP contribution in [0.5, 0.6) is 11.5 Å². The third-order valence-corrected chi connectivity index (χ3v) is 3.94. The number of thioether (sulfide) groups is 1. The predicted octanol–water partition coefficient (Wildman–Crippen LogP) is 1.59. The minimum Gasteiger partial charge on any atom is -0.497 e. The molecular weight excluding hydrogens is 250 g/mol. The fourth-order valence-electron chi connectivity index (χ4n) is 1.88. The van der Waals surface area contributed by atoms with Gasteiger partial charge in [-0.05, 0) is 12.1 Å². The van der Waals surface area contributed by atoms with Gasteiger partial charge in [0, 0.05) is 29.7 Å². The van der Waals surface area contributed by atoms with Crippen LogP contribution in [0, 0.1) is 0 Å². The number of ether oxygens (including phenoxy) is 2. The molecule has 4 nitrogen and oxygen atoms in total. The Kier molecular flexibility index (Phi) is 4.49. The maximum absolute atomic E-state index is 12.3. The fourth-order valence-corrected chi connectivity index (χ4v) is 2.82. The van der Waals surface area contributed by atoms with E-state index < -0.39 is 0 Å². The van der Waals surface area contributed by atoms with Gasteiger partial charge in [-0.3, -0.25) is 4.79 Å². The van der Waals surface area contributed by atoms with Crippen LogP contribution in [0.2, 0.25) is 0 Å². The predicted molar refractivity (Wildman–Crippen MR) is 73.0 cm³/mol. The van der Waals surface area contributed by atoms with E-state index in [1.54, 1.807) is 44.2 Å². The zero-order valence-electron chi connectivity index (χ0n) is 10.6. The van der Waals surface area contributed by atoms with Crippen molar-refractivity contribution < 1.29 is 14.3 Å². The summed E-state index contributed by atoms with van der Waals surface area (Å²) in [7, 11) is 3.16. The SMILES string of the molecule is COc1cc(OC)cc(C(=O)C2CSCCN2)c1. The van der Waals surface area contributed by atoms with Crippen LogP contribution in [0.4, 0.5) is 0 Å². The van der Waals surface area contributed by atoms with E-state index >= 15 is 0 Å². The number of nitrogens with one attached hydrogen (secondary N) is 1. The van der Waals surface area contributed by atoms with Gasteiger partial charge in [0.2, 0.25) is 0 Å². The second kappa shape index (κ2) is 6.11. The number of hydrogen-bond acceptors (Lipinski definition) is 5. The highest BCUT2D eigenvalue weighted by Gasteiger charge is 2.23. The first-order valence-electron chi connectivity index (χ1n) is 5.83. The minimum absolute atomic E-state index is 0.0967. The summed E-state index contributed by atoms with van der Waals surface area (Å²) in [5, 5.41) is 3.24. The molecule has 1 aromatic carbocycles. The Morgan fingerprint density at radius 3 is 2.44 bits per heavy atom. The third-order valence-electron chi connectivity index (χ3n) is 2.87. The van der Waals surface area contributed by atoms with E-state index in [9.17, 15) is 4.79 Å². The summed E-state index contributed by atoms with van der Waals surface area (Å²) in [4.78, 5) is 12.3. The van der Waals surface area contributed by atoms with Gasteiger partial charge in [-0.25, -0.2) is 0 Å². The van der Waals surface area contributed by atoms with E-state index in [-0.39, 0.29) is 11.8 Å². The van der Waals surface area contributed by atoms with E-state index in [0.29, 0.717) is 17.1 Å². The van der Waals surface area contributed by atoms with Gasteiger partial charge in [0.1, 0.15) is 11.5 Å². The Morgan fingerprint density at radius 1 is 1.28 bits per heavy atom. The quantitative estimate of drug-likeness (QED) is 0.840. The molecule has 1 aliphatic rings. The Hall–Kier alpha value is -1.20. The van der Waals surface area contributed by atoms with Crippen molar-refractivity contribution >= 4 is 17.5 Å². The van der Waals surface area contributed by atoms with Gasteiger partial charge < -0.3 is 14.8 Å². The van der Waals surface area contributed by atoms with Crippen LogP contribution in [-0.2, 0) is 0 Å². The number of carbonyl (C=O) groups is 1. The van der Waals surface area contributed by atoms with Crippen molar-refractivity contribution in [1.29, 1.82) is 0 Å². The lowest BCUT2D eigenvalue weighted by molar-refractivity contribution is 0.0952. The van der Waals surface area contributed by atoms with Gasteiger partial charge in [-0.1, -0.05) is 0 Å².